The third kappa shape index (κ3) is 5.58. The van der Waals surface area contributed by atoms with Crippen LogP contribution in [0.25, 0.3) is 6.08 Å². The van der Waals surface area contributed by atoms with Crippen LogP contribution in [0, 0.1) is 0 Å². The first-order valence-electron chi connectivity index (χ1n) is 9.54. The first-order chi connectivity index (χ1) is 14.8. The molecule has 0 aromatic heterocycles. The Balaban J connectivity index is 1.77. The van der Waals surface area contributed by atoms with E-state index in [4.69, 9.17) is 9.84 Å². The molecule has 9 heteroatoms. The molecule has 1 aliphatic rings. The molecule has 3 rings (SSSR count). The summed E-state index contributed by atoms with van der Waals surface area (Å²) < 4.78 is 7.40. The van der Waals surface area contributed by atoms with Crippen molar-refractivity contribution in [3.8, 4) is 5.75 Å². The van der Waals surface area contributed by atoms with Crippen molar-refractivity contribution in [2.75, 3.05) is 13.1 Å². The standard InChI is InChI=1S/C22H20Br2N2O4S/c1-3-25-22-26(4-2)20(27)18(31-22)11-14-9-16(23)19(17(24)10-14)30-12-13-5-7-15(8-6-13)21(28)29/h5-11H,3-4,12H2,1-2H3,(H,28,29)/b18-11-,25-22?. The van der Waals surface area contributed by atoms with E-state index in [1.165, 1.54) is 11.8 Å². The minimum Gasteiger partial charge on any atom is -0.487 e. The van der Waals surface area contributed by atoms with Gasteiger partial charge in [0.25, 0.3) is 5.91 Å². The molecule has 0 unspecified atom stereocenters. The lowest BCUT2D eigenvalue weighted by Crippen LogP contribution is -2.28. The Kier molecular flexibility index (Phi) is 7.96. The molecule has 1 aliphatic heterocycles. The van der Waals surface area contributed by atoms with Crippen molar-refractivity contribution in [3.05, 3.63) is 66.9 Å². The number of carbonyl (C=O) groups is 2. The lowest BCUT2D eigenvalue weighted by molar-refractivity contribution is -0.122. The van der Waals surface area contributed by atoms with Gasteiger partial charge in [0, 0.05) is 13.1 Å². The highest BCUT2D eigenvalue weighted by Crippen LogP contribution is 2.38. The number of hydrogen-bond donors (Lipinski definition) is 1. The maximum atomic E-state index is 12.7. The molecule has 6 nitrogen and oxygen atoms in total. The third-order valence-electron chi connectivity index (χ3n) is 4.40. The first kappa shape index (κ1) is 23.6. The van der Waals surface area contributed by atoms with Crippen LogP contribution >= 0.6 is 43.6 Å². The number of amidine groups is 1. The highest BCUT2D eigenvalue weighted by atomic mass is 79.9. The van der Waals surface area contributed by atoms with Gasteiger partial charge in [0.1, 0.15) is 12.4 Å². The van der Waals surface area contributed by atoms with E-state index in [1.54, 1.807) is 29.2 Å². The van der Waals surface area contributed by atoms with Crippen LogP contribution in [0.2, 0.25) is 0 Å². The van der Waals surface area contributed by atoms with Gasteiger partial charge in [0.05, 0.1) is 19.4 Å². The van der Waals surface area contributed by atoms with Gasteiger partial charge in [-0.1, -0.05) is 12.1 Å². The molecule has 31 heavy (non-hydrogen) atoms. The van der Waals surface area contributed by atoms with E-state index < -0.39 is 5.97 Å². The van der Waals surface area contributed by atoms with Crippen molar-refractivity contribution in [1.82, 2.24) is 4.90 Å². The van der Waals surface area contributed by atoms with Crippen LogP contribution in [-0.4, -0.2) is 40.1 Å². The quantitative estimate of drug-likeness (QED) is 0.428. The fraction of sp³-hybridized carbons (Fsp3) is 0.227. The zero-order valence-corrected chi connectivity index (χ0v) is 20.9. The molecule has 2 aromatic carbocycles. The van der Waals surface area contributed by atoms with E-state index in [9.17, 15) is 9.59 Å². The lowest BCUT2D eigenvalue weighted by Gasteiger charge is -2.12. The molecule has 1 fully saturated rings. The van der Waals surface area contributed by atoms with Gasteiger partial charge in [0.2, 0.25) is 0 Å². The Morgan fingerprint density at radius 1 is 1.19 bits per heavy atom. The Hall–Kier alpha value is -2.10. The van der Waals surface area contributed by atoms with Crippen LogP contribution in [-0.2, 0) is 11.4 Å². The topological polar surface area (TPSA) is 79.2 Å². The largest absolute Gasteiger partial charge is 0.487 e. The van der Waals surface area contributed by atoms with E-state index in [0.29, 0.717) is 23.7 Å². The van der Waals surface area contributed by atoms with Gasteiger partial charge in [-0.05, 0) is 98.9 Å². The number of hydrogen-bond acceptors (Lipinski definition) is 5. The number of carbonyl (C=O) groups excluding carboxylic acids is 1. The van der Waals surface area contributed by atoms with Crippen molar-refractivity contribution in [2.24, 2.45) is 4.99 Å². The zero-order valence-electron chi connectivity index (χ0n) is 16.9. The second-order valence-corrected chi connectivity index (χ2v) is 9.24. The summed E-state index contributed by atoms with van der Waals surface area (Å²) in [7, 11) is 0. The normalized spacial score (nSPS) is 16.4. The molecule has 162 valence electrons. The number of rotatable bonds is 7. The number of aromatic carboxylic acids is 1. The molecule has 1 amide bonds. The van der Waals surface area contributed by atoms with Gasteiger partial charge in [-0.2, -0.15) is 0 Å². The lowest BCUT2D eigenvalue weighted by atomic mass is 10.1. The Labute approximate surface area is 201 Å². The number of ether oxygens (including phenoxy) is 1. The Morgan fingerprint density at radius 3 is 2.39 bits per heavy atom. The predicted molar refractivity (Wildman–Crippen MR) is 131 cm³/mol. The summed E-state index contributed by atoms with van der Waals surface area (Å²) in [6, 6.07) is 10.3. The van der Waals surface area contributed by atoms with E-state index in [1.807, 2.05) is 32.1 Å². The number of carboxylic acid groups (broad SMARTS) is 1. The molecule has 0 radical (unpaired) electrons. The third-order valence-corrected chi connectivity index (χ3v) is 6.62. The van der Waals surface area contributed by atoms with Gasteiger partial charge in [-0.3, -0.25) is 14.7 Å². The van der Waals surface area contributed by atoms with E-state index in [-0.39, 0.29) is 18.1 Å². The zero-order chi connectivity index (χ0) is 22.5. The van der Waals surface area contributed by atoms with Crippen molar-refractivity contribution in [3.63, 3.8) is 0 Å². The number of amides is 1. The maximum absolute atomic E-state index is 12.7. The Morgan fingerprint density at radius 2 is 1.84 bits per heavy atom. The monoisotopic (exact) mass is 566 g/mol. The summed E-state index contributed by atoms with van der Waals surface area (Å²) >= 11 is 8.46. The molecule has 1 N–H and O–H groups in total. The molecule has 1 saturated heterocycles. The van der Waals surface area contributed by atoms with Crippen molar-refractivity contribution in [1.29, 1.82) is 0 Å². The number of carboxylic acids is 1. The summed E-state index contributed by atoms with van der Waals surface area (Å²) in [6.45, 7) is 5.37. The molecular formula is C22H20Br2N2O4S. The fourth-order valence-corrected chi connectivity index (χ4v) is 5.45. The highest BCUT2D eigenvalue weighted by molar-refractivity contribution is 9.11. The van der Waals surface area contributed by atoms with Gasteiger partial charge >= 0.3 is 5.97 Å². The molecule has 1 heterocycles. The number of halogens is 2. The Bertz CT molecular complexity index is 1040. The number of benzene rings is 2. The van der Waals surface area contributed by atoms with Crippen LogP contribution in [0.4, 0.5) is 0 Å². The number of thioether (sulfide) groups is 1. The van der Waals surface area contributed by atoms with Gasteiger partial charge in [-0.15, -0.1) is 0 Å². The van der Waals surface area contributed by atoms with E-state index >= 15 is 0 Å². The van der Waals surface area contributed by atoms with Crippen molar-refractivity contribution < 1.29 is 19.4 Å². The number of aliphatic imine (C=N–C) groups is 1. The van der Waals surface area contributed by atoms with E-state index in [0.717, 1.165) is 25.2 Å². The SMILES string of the molecule is CCN=C1S/C(=C\c2cc(Br)c(OCc3ccc(C(=O)O)cc3)c(Br)c2)C(=O)N1CC. The number of likely N-dealkylation sites (N-methyl/N-ethyl adjacent to an activating group) is 1. The van der Waals surface area contributed by atoms with Crippen LogP contribution in [0.3, 0.4) is 0 Å². The average Bonchev–Trinajstić information content (AvgIpc) is 3.02. The predicted octanol–water partition coefficient (Wildman–Crippen LogP) is 5.80. The van der Waals surface area contributed by atoms with Crippen LogP contribution in [0.1, 0.15) is 35.3 Å². The highest BCUT2D eigenvalue weighted by Gasteiger charge is 2.31. The average molecular weight is 568 g/mol. The molecule has 0 saturated carbocycles. The van der Waals surface area contributed by atoms with Gasteiger partial charge in [0.15, 0.2) is 5.17 Å². The minimum atomic E-state index is -0.961. The molecule has 0 bridgehead atoms. The molecule has 0 spiro atoms. The second-order valence-electron chi connectivity index (χ2n) is 6.52. The summed E-state index contributed by atoms with van der Waals surface area (Å²) in [6.07, 6.45) is 1.85. The van der Waals surface area contributed by atoms with Gasteiger partial charge in [-0.25, -0.2) is 4.79 Å². The maximum Gasteiger partial charge on any atom is 0.335 e. The van der Waals surface area contributed by atoms with Crippen LogP contribution < -0.4 is 4.74 Å². The summed E-state index contributed by atoms with van der Waals surface area (Å²) in [5.41, 5.74) is 1.93. The first-order valence-corrected chi connectivity index (χ1v) is 11.9. The minimum absolute atomic E-state index is 0.0444. The van der Waals surface area contributed by atoms with Gasteiger partial charge < -0.3 is 9.84 Å². The number of nitrogens with zero attached hydrogens (tertiary/aromatic N) is 2. The summed E-state index contributed by atoms with van der Waals surface area (Å²) in [5, 5.41) is 9.72. The van der Waals surface area contributed by atoms with Crippen molar-refractivity contribution in [2.45, 2.75) is 20.5 Å². The van der Waals surface area contributed by atoms with Crippen LogP contribution in [0.5, 0.6) is 5.75 Å². The summed E-state index contributed by atoms with van der Waals surface area (Å²) in [4.78, 5) is 30.3. The smallest absolute Gasteiger partial charge is 0.335 e. The molecule has 0 atom stereocenters. The second kappa shape index (κ2) is 10.5. The van der Waals surface area contributed by atoms with Crippen LogP contribution in [0.15, 0.2) is 55.2 Å². The molecular weight excluding hydrogens is 548 g/mol. The van der Waals surface area contributed by atoms with E-state index in [2.05, 4.69) is 36.9 Å². The molecule has 2 aromatic rings. The molecule has 0 aliphatic carbocycles. The van der Waals surface area contributed by atoms with Crippen molar-refractivity contribution >= 4 is 66.7 Å². The fourth-order valence-electron chi connectivity index (χ4n) is 2.89. The summed E-state index contributed by atoms with van der Waals surface area (Å²) in [5.74, 6) is -0.382.